The van der Waals surface area contributed by atoms with Crippen molar-refractivity contribution in [3.8, 4) is 11.1 Å². The molecule has 0 N–H and O–H groups in total. The molecule has 1 amide bonds. The third kappa shape index (κ3) is 4.11. The maximum atomic E-state index is 13.1. The molecule has 9 heteroatoms. The molecule has 0 atom stereocenters. The predicted octanol–water partition coefficient (Wildman–Crippen LogP) is 5.24. The Morgan fingerprint density at radius 3 is 2.65 bits per heavy atom. The molecule has 0 unspecified atom stereocenters. The summed E-state index contributed by atoms with van der Waals surface area (Å²) in [5.41, 5.74) is 3.78. The number of anilines is 2. The zero-order valence-electron chi connectivity index (χ0n) is 21.8. The summed E-state index contributed by atoms with van der Waals surface area (Å²) in [5, 5.41) is 2.17. The summed E-state index contributed by atoms with van der Waals surface area (Å²) >= 11 is 1.70. The molecule has 0 aliphatic carbocycles. The number of ether oxygens (including phenoxy) is 1. The monoisotopic (exact) mass is 547 g/mol. The molecule has 5 heterocycles. The maximum Gasteiger partial charge on any atom is 0.259 e. The van der Waals surface area contributed by atoms with Crippen molar-refractivity contribution in [3.05, 3.63) is 101 Å². The quantitative estimate of drug-likeness (QED) is 0.300. The number of carbonyl (C=O) groups excluding carboxylic acids is 1. The minimum Gasteiger partial charge on any atom is -0.378 e. The van der Waals surface area contributed by atoms with Crippen molar-refractivity contribution in [2.75, 3.05) is 43.2 Å². The lowest BCUT2D eigenvalue weighted by Crippen LogP contribution is -2.37. The summed E-state index contributed by atoms with van der Waals surface area (Å²) in [6.07, 6.45) is 5.00. The van der Waals surface area contributed by atoms with Gasteiger partial charge in [-0.1, -0.05) is 18.2 Å². The van der Waals surface area contributed by atoms with Crippen LogP contribution >= 0.6 is 11.3 Å². The fraction of sp³-hybridized carbons (Fsp3) is 0.161. The number of amides is 1. The lowest BCUT2D eigenvalue weighted by molar-refractivity contribution is 0.0992. The van der Waals surface area contributed by atoms with Gasteiger partial charge in [-0.15, -0.1) is 11.3 Å². The van der Waals surface area contributed by atoms with Gasteiger partial charge in [0.25, 0.3) is 11.5 Å². The Morgan fingerprint density at radius 2 is 1.82 bits per heavy atom. The van der Waals surface area contributed by atoms with Gasteiger partial charge in [0.1, 0.15) is 11.5 Å². The zero-order chi connectivity index (χ0) is 27.2. The van der Waals surface area contributed by atoms with E-state index in [1.165, 1.54) is 0 Å². The van der Waals surface area contributed by atoms with Gasteiger partial charge in [-0.3, -0.25) is 19.0 Å². The van der Waals surface area contributed by atoms with Crippen LogP contribution < -0.4 is 15.4 Å². The molecular weight excluding hydrogens is 522 g/mol. The van der Waals surface area contributed by atoms with Gasteiger partial charge in [-0.25, -0.2) is 4.98 Å². The first-order valence-electron chi connectivity index (χ1n) is 13.1. The topological polar surface area (TPSA) is 80.0 Å². The molecule has 0 bridgehead atoms. The van der Waals surface area contributed by atoms with Crippen molar-refractivity contribution in [3.63, 3.8) is 0 Å². The summed E-state index contributed by atoms with van der Waals surface area (Å²) in [7, 11) is 1.78. The molecule has 1 aliphatic rings. The Labute approximate surface area is 233 Å². The van der Waals surface area contributed by atoms with E-state index < -0.39 is 0 Å². The van der Waals surface area contributed by atoms with E-state index in [9.17, 15) is 9.59 Å². The van der Waals surface area contributed by atoms with Gasteiger partial charge in [-0.05, 0) is 42.5 Å². The first-order valence-corrected chi connectivity index (χ1v) is 13.9. The lowest BCUT2D eigenvalue weighted by Gasteiger charge is -2.27. The van der Waals surface area contributed by atoms with Gasteiger partial charge in [0.2, 0.25) is 0 Å². The number of hydrogen-bond donors (Lipinski definition) is 0. The minimum atomic E-state index is -0.115. The van der Waals surface area contributed by atoms with Crippen LogP contribution in [0.3, 0.4) is 0 Å². The van der Waals surface area contributed by atoms with Gasteiger partial charge in [0.05, 0.1) is 18.8 Å². The Hall–Kier alpha value is -4.60. The second kappa shape index (κ2) is 9.86. The Kier molecular flexibility index (Phi) is 6.02. The van der Waals surface area contributed by atoms with Crippen LogP contribution in [-0.4, -0.2) is 53.6 Å². The SMILES string of the molecule is CN(C(=O)c1cccnc1)c1ccc2sc3c(-c4cccn5c(=O)cc(N6CCOCC6)nc45)cccc3c2c1. The van der Waals surface area contributed by atoms with Crippen molar-refractivity contribution in [2.24, 2.45) is 0 Å². The predicted molar refractivity (Wildman–Crippen MR) is 160 cm³/mol. The van der Waals surface area contributed by atoms with Crippen LogP contribution in [0.25, 0.3) is 36.9 Å². The van der Waals surface area contributed by atoms with Gasteiger partial charge >= 0.3 is 0 Å². The van der Waals surface area contributed by atoms with E-state index in [-0.39, 0.29) is 11.5 Å². The molecule has 4 aromatic heterocycles. The molecule has 0 saturated carbocycles. The van der Waals surface area contributed by atoms with Crippen molar-refractivity contribution >= 4 is 54.6 Å². The van der Waals surface area contributed by atoms with Crippen molar-refractivity contribution < 1.29 is 9.53 Å². The van der Waals surface area contributed by atoms with Crippen LogP contribution in [0.5, 0.6) is 0 Å². The second-order valence-corrected chi connectivity index (χ2v) is 10.8. The molecule has 0 spiro atoms. The molecular formula is C31H25N5O3S. The number of nitrogens with zero attached hydrogens (tertiary/aromatic N) is 5. The molecule has 1 saturated heterocycles. The van der Waals surface area contributed by atoms with E-state index >= 15 is 0 Å². The lowest BCUT2D eigenvalue weighted by atomic mass is 10.0. The summed E-state index contributed by atoms with van der Waals surface area (Å²) in [4.78, 5) is 39.0. The number of aromatic nitrogens is 3. The van der Waals surface area contributed by atoms with Crippen molar-refractivity contribution in [1.82, 2.24) is 14.4 Å². The fourth-order valence-corrected chi connectivity index (χ4v) is 6.50. The molecule has 1 fully saturated rings. The number of hydrogen-bond acceptors (Lipinski definition) is 7. The first-order chi connectivity index (χ1) is 19.6. The van der Waals surface area contributed by atoms with Crippen LogP contribution in [0.1, 0.15) is 10.4 Å². The van der Waals surface area contributed by atoms with Crippen LogP contribution in [0.15, 0.2) is 90.1 Å². The van der Waals surface area contributed by atoms with Crippen LogP contribution in [0.2, 0.25) is 0 Å². The molecule has 1 aliphatic heterocycles. The molecule has 198 valence electrons. The largest absolute Gasteiger partial charge is 0.378 e. The number of fused-ring (bicyclic) bond motifs is 4. The zero-order valence-corrected chi connectivity index (χ0v) is 22.6. The molecule has 40 heavy (non-hydrogen) atoms. The summed E-state index contributed by atoms with van der Waals surface area (Å²) in [5.74, 6) is 0.561. The third-order valence-corrected chi connectivity index (χ3v) is 8.60. The van der Waals surface area contributed by atoms with Crippen molar-refractivity contribution in [1.29, 1.82) is 0 Å². The van der Waals surface area contributed by atoms with E-state index in [0.717, 1.165) is 37.0 Å². The number of pyridine rings is 2. The summed E-state index contributed by atoms with van der Waals surface area (Å²) in [6.45, 7) is 2.65. The second-order valence-electron chi connectivity index (χ2n) is 9.74. The first kappa shape index (κ1) is 24.4. The highest BCUT2D eigenvalue weighted by molar-refractivity contribution is 7.26. The third-order valence-electron chi connectivity index (χ3n) is 7.38. The van der Waals surface area contributed by atoms with Gasteiger partial charge in [0, 0.05) is 81.8 Å². The number of rotatable bonds is 4. The Balaban J connectivity index is 1.36. The summed E-state index contributed by atoms with van der Waals surface area (Å²) in [6, 6.07) is 21.4. The van der Waals surface area contributed by atoms with Gasteiger partial charge in [0.15, 0.2) is 0 Å². The maximum absolute atomic E-state index is 13.1. The van der Waals surface area contributed by atoms with E-state index in [0.29, 0.717) is 43.3 Å². The highest BCUT2D eigenvalue weighted by Crippen LogP contribution is 2.42. The Bertz CT molecular complexity index is 1960. The minimum absolute atomic E-state index is 0.109. The van der Waals surface area contributed by atoms with Gasteiger partial charge < -0.3 is 14.5 Å². The standard InChI is InChI=1S/C31H25N5O3S/c1-34(31(38)20-5-3-11-32-19-20)21-9-10-26-25(17-21)23-7-2-6-22(29(23)40-26)24-8-4-12-36-28(37)18-27(33-30(24)36)35-13-15-39-16-14-35/h2-12,17-19H,13-16H2,1H3. The highest BCUT2D eigenvalue weighted by atomic mass is 32.1. The van der Waals surface area contributed by atoms with E-state index in [4.69, 9.17) is 9.72 Å². The molecule has 7 rings (SSSR count). The highest BCUT2D eigenvalue weighted by Gasteiger charge is 2.19. The van der Waals surface area contributed by atoms with Crippen LogP contribution in [0.4, 0.5) is 11.5 Å². The molecule has 0 radical (unpaired) electrons. The number of benzene rings is 2. The average Bonchev–Trinajstić information content (AvgIpc) is 3.39. The number of thiophene rings is 1. The van der Waals surface area contributed by atoms with E-state index in [1.54, 1.807) is 64.5 Å². The molecule has 2 aromatic carbocycles. The van der Waals surface area contributed by atoms with Crippen LogP contribution in [0, 0.1) is 0 Å². The smallest absolute Gasteiger partial charge is 0.259 e. The van der Waals surface area contributed by atoms with E-state index in [1.807, 2.05) is 24.3 Å². The Morgan fingerprint density at radius 1 is 0.975 bits per heavy atom. The van der Waals surface area contributed by atoms with Crippen molar-refractivity contribution in [2.45, 2.75) is 0 Å². The summed E-state index contributed by atoms with van der Waals surface area (Å²) < 4.78 is 9.33. The molecule has 8 nitrogen and oxygen atoms in total. The molecule has 6 aromatic rings. The van der Waals surface area contributed by atoms with E-state index in [2.05, 4.69) is 34.1 Å². The number of carbonyl (C=O) groups is 1. The fourth-order valence-electron chi connectivity index (χ4n) is 5.28. The number of morpholine rings is 1. The van der Waals surface area contributed by atoms with Crippen LogP contribution in [-0.2, 0) is 4.74 Å². The van der Waals surface area contributed by atoms with Gasteiger partial charge in [-0.2, -0.15) is 0 Å². The normalized spacial score (nSPS) is 13.8. The average molecular weight is 548 g/mol.